The number of carbonyl (C=O) groups is 1. The van der Waals surface area contributed by atoms with Gasteiger partial charge in [0, 0.05) is 16.2 Å². The summed E-state index contributed by atoms with van der Waals surface area (Å²) in [4.78, 5) is 11.9. The molecule has 0 atom stereocenters. The normalized spacial score (nSPS) is 10.4. The quantitative estimate of drug-likeness (QED) is 0.797. The summed E-state index contributed by atoms with van der Waals surface area (Å²) in [6, 6.07) is 5.29. The van der Waals surface area contributed by atoms with E-state index in [1.165, 1.54) is 6.07 Å². The fourth-order valence-corrected chi connectivity index (χ4v) is 1.90. The Bertz CT molecular complexity index is 583. The van der Waals surface area contributed by atoms with Gasteiger partial charge < -0.3 is 11.1 Å². The van der Waals surface area contributed by atoms with Gasteiger partial charge in [-0.05, 0) is 37.1 Å². The number of rotatable bonds is 2. The van der Waals surface area contributed by atoms with Crippen molar-refractivity contribution in [2.45, 2.75) is 13.8 Å². The number of nitrogen functional groups attached to an aromatic ring is 1. The van der Waals surface area contributed by atoms with Crippen molar-refractivity contribution in [3.8, 4) is 0 Å². The Morgan fingerprint density at radius 2 is 1.94 bits per heavy atom. The van der Waals surface area contributed by atoms with E-state index in [0.717, 1.165) is 21.3 Å². The summed E-state index contributed by atoms with van der Waals surface area (Å²) in [5.74, 6) is 0.0311. The summed E-state index contributed by atoms with van der Waals surface area (Å²) < 4.78 is 1.05. The smallest absolute Gasteiger partial charge is 0.273 e. The van der Waals surface area contributed by atoms with E-state index in [-0.39, 0.29) is 5.91 Å². The maximum absolute atomic E-state index is 11.9. The second kappa shape index (κ2) is 4.81. The molecule has 18 heavy (non-hydrogen) atoms. The Labute approximate surface area is 113 Å². The molecule has 1 aromatic heterocycles. The van der Waals surface area contributed by atoms with E-state index in [1.807, 2.05) is 26.0 Å². The van der Waals surface area contributed by atoms with Crippen LogP contribution in [0.2, 0.25) is 0 Å². The van der Waals surface area contributed by atoms with Crippen molar-refractivity contribution >= 4 is 33.3 Å². The van der Waals surface area contributed by atoms with Crippen LogP contribution in [0, 0.1) is 13.8 Å². The minimum atomic E-state index is -0.264. The third kappa shape index (κ3) is 2.53. The highest BCUT2D eigenvalue weighted by Crippen LogP contribution is 2.25. The van der Waals surface area contributed by atoms with Crippen molar-refractivity contribution in [3.63, 3.8) is 0 Å². The lowest BCUT2D eigenvalue weighted by molar-refractivity contribution is 0.102. The highest BCUT2D eigenvalue weighted by molar-refractivity contribution is 9.10. The average Bonchev–Trinajstić information content (AvgIpc) is 2.72. The molecule has 0 aliphatic heterocycles. The molecular weight excluding hydrogens is 296 g/mol. The highest BCUT2D eigenvalue weighted by Gasteiger charge is 2.10. The van der Waals surface area contributed by atoms with Gasteiger partial charge in [0.15, 0.2) is 0 Å². The first-order valence-corrected chi connectivity index (χ1v) is 6.15. The largest absolute Gasteiger partial charge is 0.382 e. The van der Waals surface area contributed by atoms with Crippen LogP contribution in [0.1, 0.15) is 21.6 Å². The molecule has 1 amide bonds. The molecule has 2 rings (SSSR count). The van der Waals surface area contributed by atoms with Crippen molar-refractivity contribution in [2.75, 3.05) is 11.1 Å². The lowest BCUT2D eigenvalue weighted by Crippen LogP contribution is -2.12. The summed E-state index contributed by atoms with van der Waals surface area (Å²) in [7, 11) is 0. The Kier molecular flexibility index (Phi) is 3.38. The zero-order valence-electron chi connectivity index (χ0n) is 10.0. The first-order valence-electron chi connectivity index (χ1n) is 5.36. The average molecular weight is 309 g/mol. The molecule has 5 nitrogen and oxygen atoms in total. The van der Waals surface area contributed by atoms with Gasteiger partial charge in [0.25, 0.3) is 5.91 Å². The van der Waals surface area contributed by atoms with Gasteiger partial charge in [0.1, 0.15) is 11.5 Å². The van der Waals surface area contributed by atoms with Gasteiger partial charge in [0.2, 0.25) is 0 Å². The van der Waals surface area contributed by atoms with Crippen LogP contribution in [0.3, 0.4) is 0 Å². The van der Waals surface area contributed by atoms with E-state index in [9.17, 15) is 4.79 Å². The fourth-order valence-electron chi connectivity index (χ4n) is 1.67. The number of benzene rings is 1. The van der Waals surface area contributed by atoms with Gasteiger partial charge in [-0.15, -0.1) is 0 Å². The molecule has 4 N–H and O–H groups in total. The number of hydrogen-bond donors (Lipinski definition) is 3. The topological polar surface area (TPSA) is 83.8 Å². The van der Waals surface area contributed by atoms with Gasteiger partial charge in [-0.1, -0.05) is 15.9 Å². The molecule has 0 spiro atoms. The number of halogens is 1. The lowest BCUT2D eigenvalue weighted by atomic mass is 10.1. The summed E-state index contributed by atoms with van der Waals surface area (Å²) in [5, 5.41) is 9.08. The van der Waals surface area contributed by atoms with Gasteiger partial charge in [-0.2, -0.15) is 5.10 Å². The number of nitrogens with two attached hydrogens (primary N) is 1. The van der Waals surface area contributed by atoms with Crippen molar-refractivity contribution in [3.05, 3.63) is 39.5 Å². The Hall–Kier alpha value is -1.82. The molecular formula is C12H13BrN4O. The standard InChI is InChI=1S/C12H13BrN4O/c1-6-3-8(4-7(2)11(6)13)15-12(18)9-5-10(14)17-16-9/h3-5H,1-2H3,(H,15,18)(H3,14,16,17). The van der Waals surface area contributed by atoms with Crippen LogP contribution in [0.25, 0.3) is 0 Å². The van der Waals surface area contributed by atoms with Crippen molar-refractivity contribution in [1.82, 2.24) is 10.2 Å². The number of H-pyrrole nitrogens is 1. The predicted octanol–water partition coefficient (Wildman–Crippen LogP) is 2.62. The van der Waals surface area contributed by atoms with Crippen LogP contribution in [-0.2, 0) is 0 Å². The second-order valence-electron chi connectivity index (χ2n) is 4.08. The molecule has 6 heteroatoms. The number of aromatic nitrogens is 2. The van der Waals surface area contributed by atoms with Crippen LogP contribution in [0.15, 0.2) is 22.7 Å². The van der Waals surface area contributed by atoms with Gasteiger partial charge in [0.05, 0.1) is 0 Å². The third-order valence-corrected chi connectivity index (χ3v) is 3.79. The molecule has 2 aromatic rings. The monoisotopic (exact) mass is 308 g/mol. The summed E-state index contributed by atoms with van der Waals surface area (Å²) in [6.07, 6.45) is 0. The second-order valence-corrected chi connectivity index (χ2v) is 4.88. The van der Waals surface area contributed by atoms with Gasteiger partial charge >= 0.3 is 0 Å². The molecule has 0 saturated heterocycles. The number of aryl methyl sites for hydroxylation is 2. The molecule has 94 valence electrons. The van der Waals surface area contributed by atoms with E-state index in [2.05, 4.69) is 31.4 Å². The molecule has 0 saturated carbocycles. The number of carbonyl (C=O) groups excluding carboxylic acids is 1. The highest BCUT2D eigenvalue weighted by atomic mass is 79.9. The summed E-state index contributed by atoms with van der Waals surface area (Å²) >= 11 is 3.48. The van der Waals surface area contributed by atoms with E-state index >= 15 is 0 Å². The molecule has 0 bridgehead atoms. The number of hydrogen-bond acceptors (Lipinski definition) is 3. The predicted molar refractivity (Wildman–Crippen MR) is 74.6 cm³/mol. The zero-order valence-corrected chi connectivity index (χ0v) is 11.6. The molecule has 1 aromatic carbocycles. The number of amides is 1. The SMILES string of the molecule is Cc1cc(NC(=O)c2cc(N)n[nH]2)cc(C)c1Br. The first kappa shape index (κ1) is 12.6. The van der Waals surface area contributed by atoms with Crippen LogP contribution in [-0.4, -0.2) is 16.1 Å². The molecule has 0 aliphatic carbocycles. The van der Waals surface area contributed by atoms with Crippen LogP contribution < -0.4 is 11.1 Å². The Balaban J connectivity index is 2.22. The molecule has 0 unspecified atom stereocenters. The minimum Gasteiger partial charge on any atom is -0.382 e. The molecule has 1 heterocycles. The maximum Gasteiger partial charge on any atom is 0.273 e. The summed E-state index contributed by atoms with van der Waals surface area (Å²) in [5.41, 5.74) is 8.66. The Morgan fingerprint density at radius 3 is 2.44 bits per heavy atom. The van der Waals surface area contributed by atoms with Gasteiger partial charge in [-0.3, -0.25) is 9.89 Å². The van der Waals surface area contributed by atoms with Crippen molar-refractivity contribution in [1.29, 1.82) is 0 Å². The van der Waals surface area contributed by atoms with Crippen LogP contribution in [0.4, 0.5) is 11.5 Å². The molecule has 0 aliphatic rings. The number of aromatic amines is 1. The number of anilines is 2. The minimum absolute atomic E-state index is 0.264. The number of nitrogens with zero attached hydrogens (tertiary/aromatic N) is 1. The first-order chi connectivity index (χ1) is 8.47. The fraction of sp³-hybridized carbons (Fsp3) is 0.167. The van der Waals surface area contributed by atoms with Crippen molar-refractivity contribution < 1.29 is 4.79 Å². The molecule has 0 radical (unpaired) electrons. The van der Waals surface area contributed by atoms with Crippen LogP contribution in [0.5, 0.6) is 0 Å². The lowest BCUT2D eigenvalue weighted by Gasteiger charge is -2.08. The van der Waals surface area contributed by atoms with Gasteiger partial charge in [-0.25, -0.2) is 0 Å². The zero-order chi connectivity index (χ0) is 13.3. The third-order valence-electron chi connectivity index (χ3n) is 2.54. The molecule has 0 fully saturated rings. The summed E-state index contributed by atoms with van der Waals surface area (Å²) in [6.45, 7) is 3.95. The van der Waals surface area contributed by atoms with E-state index in [0.29, 0.717) is 11.5 Å². The Morgan fingerprint density at radius 1 is 1.33 bits per heavy atom. The number of nitrogens with one attached hydrogen (secondary N) is 2. The van der Waals surface area contributed by atoms with E-state index < -0.39 is 0 Å². The van der Waals surface area contributed by atoms with Crippen LogP contribution >= 0.6 is 15.9 Å². The maximum atomic E-state index is 11.9. The van der Waals surface area contributed by atoms with E-state index in [1.54, 1.807) is 0 Å². The van der Waals surface area contributed by atoms with Crippen molar-refractivity contribution in [2.24, 2.45) is 0 Å². The van der Waals surface area contributed by atoms with E-state index in [4.69, 9.17) is 5.73 Å².